The standard InChI is InChI=1S/C16H24N2O3/c1-17-8-6-14(7-9-17)18(2)10-11-21-15-5-3-4-13(12-15)16(19)20/h3-5,12,14H,6-11H2,1-2H3,(H,19,20). The quantitative estimate of drug-likeness (QED) is 0.866. The fourth-order valence-corrected chi connectivity index (χ4v) is 2.64. The van der Waals surface area contributed by atoms with Crippen LogP contribution < -0.4 is 4.74 Å². The molecule has 0 amide bonds. The summed E-state index contributed by atoms with van der Waals surface area (Å²) in [5, 5.41) is 8.95. The normalized spacial score (nSPS) is 17.1. The molecule has 1 saturated heterocycles. The Morgan fingerprint density at radius 2 is 2.14 bits per heavy atom. The number of aromatic carboxylic acids is 1. The topological polar surface area (TPSA) is 53.0 Å². The molecule has 1 aliphatic rings. The van der Waals surface area contributed by atoms with E-state index in [1.807, 2.05) is 0 Å². The van der Waals surface area contributed by atoms with Crippen molar-refractivity contribution in [2.45, 2.75) is 18.9 Å². The lowest BCUT2D eigenvalue weighted by molar-refractivity contribution is 0.0696. The van der Waals surface area contributed by atoms with Gasteiger partial charge in [-0.3, -0.25) is 4.90 Å². The fraction of sp³-hybridized carbons (Fsp3) is 0.562. The summed E-state index contributed by atoms with van der Waals surface area (Å²) < 4.78 is 5.66. The van der Waals surface area contributed by atoms with Gasteiger partial charge in [0.2, 0.25) is 0 Å². The van der Waals surface area contributed by atoms with Crippen LogP contribution in [0.1, 0.15) is 23.2 Å². The Morgan fingerprint density at radius 3 is 2.81 bits per heavy atom. The zero-order chi connectivity index (χ0) is 15.2. The van der Waals surface area contributed by atoms with Crippen LogP contribution in [0.25, 0.3) is 0 Å². The van der Waals surface area contributed by atoms with Crippen molar-refractivity contribution in [1.82, 2.24) is 9.80 Å². The zero-order valence-electron chi connectivity index (χ0n) is 12.8. The number of hydrogen-bond acceptors (Lipinski definition) is 4. The lowest BCUT2D eigenvalue weighted by atomic mass is 10.0. The van der Waals surface area contributed by atoms with Gasteiger partial charge in [0.15, 0.2) is 0 Å². The maximum absolute atomic E-state index is 10.9. The van der Waals surface area contributed by atoms with Gasteiger partial charge in [0.05, 0.1) is 5.56 Å². The third-order valence-electron chi connectivity index (χ3n) is 4.11. The summed E-state index contributed by atoms with van der Waals surface area (Å²) in [4.78, 5) is 15.6. The molecule has 2 rings (SSSR count). The van der Waals surface area contributed by atoms with Gasteiger partial charge < -0.3 is 14.7 Å². The Bertz CT molecular complexity index is 470. The van der Waals surface area contributed by atoms with E-state index >= 15 is 0 Å². The number of piperidine rings is 1. The smallest absolute Gasteiger partial charge is 0.335 e. The molecule has 1 aromatic carbocycles. The van der Waals surface area contributed by atoms with Crippen LogP contribution in [0.4, 0.5) is 0 Å². The number of benzene rings is 1. The van der Waals surface area contributed by atoms with Crippen molar-refractivity contribution in [1.29, 1.82) is 0 Å². The zero-order valence-corrected chi connectivity index (χ0v) is 12.8. The summed E-state index contributed by atoms with van der Waals surface area (Å²) >= 11 is 0. The van der Waals surface area contributed by atoms with Crippen LogP contribution in [0.3, 0.4) is 0 Å². The predicted molar refractivity (Wildman–Crippen MR) is 82.0 cm³/mol. The molecule has 1 aliphatic heterocycles. The third kappa shape index (κ3) is 4.72. The molecular weight excluding hydrogens is 268 g/mol. The first-order valence-corrected chi connectivity index (χ1v) is 7.41. The fourth-order valence-electron chi connectivity index (χ4n) is 2.64. The molecule has 1 heterocycles. The van der Waals surface area contributed by atoms with Gasteiger partial charge in [-0.05, 0) is 58.2 Å². The van der Waals surface area contributed by atoms with E-state index in [9.17, 15) is 4.79 Å². The average molecular weight is 292 g/mol. The Balaban J connectivity index is 1.76. The monoisotopic (exact) mass is 292 g/mol. The van der Waals surface area contributed by atoms with Crippen LogP contribution in [-0.4, -0.2) is 67.3 Å². The number of ether oxygens (including phenoxy) is 1. The highest BCUT2D eigenvalue weighted by atomic mass is 16.5. The molecule has 0 aliphatic carbocycles. The molecule has 21 heavy (non-hydrogen) atoms. The molecule has 0 radical (unpaired) electrons. The highest BCUT2D eigenvalue weighted by Crippen LogP contribution is 2.15. The van der Waals surface area contributed by atoms with Crippen LogP contribution in [0.2, 0.25) is 0 Å². The molecule has 1 N–H and O–H groups in total. The van der Waals surface area contributed by atoms with E-state index in [0.29, 0.717) is 18.4 Å². The van der Waals surface area contributed by atoms with E-state index < -0.39 is 5.97 Å². The predicted octanol–water partition coefficient (Wildman–Crippen LogP) is 1.79. The summed E-state index contributed by atoms with van der Waals surface area (Å²) in [7, 11) is 4.29. The second kappa shape index (κ2) is 7.43. The maximum Gasteiger partial charge on any atom is 0.335 e. The van der Waals surface area contributed by atoms with Crippen molar-refractivity contribution in [3.63, 3.8) is 0 Å². The first kappa shape index (κ1) is 15.8. The highest BCUT2D eigenvalue weighted by molar-refractivity contribution is 5.87. The van der Waals surface area contributed by atoms with Gasteiger partial charge in [0, 0.05) is 12.6 Å². The van der Waals surface area contributed by atoms with Gasteiger partial charge in [-0.25, -0.2) is 4.79 Å². The molecule has 1 aromatic rings. The van der Waals surface area contributed by atoms with E-state index in [4.69, 9.17) is 9.84 Å². The lowest BCUT2D eigenvalue weighted by Crippen LogP contribution is -2.43. The summed E-state index contributed by atoms with van der Waals surface area (Å²) in [5.74, 6) is -0.310. The van der Waals surface area contributed by atoms with Gasteiger partial charge in [0.25, 0.3) is 0 Å². The van der Waals surface area contributed by atoms with Crippen molar-refractivity contribution in [3.8, 4) is 5.75 Å². The van der Waals surface area contributed by atoms with E-state index in [-0.39, 0.29) is 5.56 Å². The molecule has 116 valence electrons. The van der Waals surface area contributed by atoms with Gasteiger partial charge in [-0.2, -0.15) is 0 Å². The molecule has 0 aromatic heterocycles. The van der Waals surface area contributed by atoms with E-state index in [1.165, 1.54) is 12.8 Å². The van der Waals surface area contributed by atoms with Crippen LogP contribution in [0.5, 0.6) is 5.75 Å². The van der Waals surface area contributed by atoms with Crippen molar-refractivity contribution in [3.05, 3.63) is 29.8 Å². The van der Waals surface area contributed by atoms with Gasteiger partial charge in [-0.1, -0.05) is 6.07 Å². The Morgan fingerprint density at radius 1 is 1.43 bits per heavy atom. The minimum Gasteiger partial charge on any atom is -0.492 e. The number of nitrogens with zero attached hydrogens (tertiary/aromatic N) is 2. The van der Waals surface area contributed by atoms with Gasteiger partial charge >= 0.3 is 5.97 Å². The second-order valence-electron chi connectivity index (χ2n) is 5.70. The van der Waals surface area contributed by atoms with Crippen molar-refractivity contribution in [2.24, 2.45) is 0 Å². The molecule has 0 spiro atoms. The maximum atomic E-state index is 10.9. The van der Waals surface area contributed by atoms with Crippen LogP contribution >= 0.6 is 0 Å². The molecule has 0 atom stereocenters. The first-order chi connectivity index (χ1) is 10.1. The van der Waals surface area contributed by atoms with Crippen molar-refractivity contribution >= 4 is 5.97 Å². The summed E-state index contributed by atoms with van der Waals surface area (Å²) in [6, 6.07) is 7.26. The summed E-state index contributed by atoms with van der Waals surface area (Å²) in [6.45, 7) is 3.73. The highest BCUT2D eigenvalue weighted by Gasteiger charge is 2.20. The lowest BCUT2D eigenvalue weighted by Gasteiger charge is -2.35. The molecule has 0 bridgehead atoms. The molecular formula is C16H24N2O3. The third-order valence-corrected chi connectivity index (χ3v) is 4.11. The number of likely N-dealkylation sites (tertiary alicyclic amines) is 1. The van der Waals surface area contributed by atoms with E-state index in [1.54, 1.807) is 24.3 Å². The number of rotatable bonds is 6. The summed E-state index contributed by atoms with van der Waals surface area (Å²) in [6.07, 6.45) is 2.39. The largest absolute Gasteiger partial charge is 0.492 e. The van der Waals surface area contributed by atoms with Crippen LogP contribution in [0, 0.1) is 0 Å². The van der Waals surface area contributed by atoms with Crippen LogP contribution in [0.15, 0.2) is 24.3 Å². The van der Waals surface area contributed by atoms with Gasteiger partial charge in [-0.15, -0.1) is 0 Å². The molecule has 5 nitrogen and oxygen atoms in total. The molecule has 0 unspecified atom stereocenters. The minimum absolute atomic E-state index is 0.260. The molecule has 1 fully saturated rings. The number of carbonyl (C=O) groups is 1. The van der Waals surface area contributed by atoms with Crippen molar-refractivity contribution < 1.29 is 14.6 Å². The Labute approximate surface area is 126 Å². The average Bonchev–Trinajstić information content (AvgIpc) is 2.48. The number of hydrogen-bond donors (Lipinski definition) is 1. The second-order valence-corrected chi connectivity index (χ2v) is 5.70. The van der Waals surface area contributed by atoms with E-state index in [0.717, 1.165) is 19.6 Å². The Hall–Kier alpha value is -1.59. The SMILES string of the molecule is CN1CCC(N(C)CCOc2cccc(C(=O)O)c2)CC1. The first-order valence-electron chi connectivity index (χ1n) is 7.41. The minimum atomic E-state index is -0.927. The number of likely N-dealkylation sites (N-methyl/N-ethyl adjacent to an activating group) is 1. The van der Waals surface area contributed by atoms with Gasteiger partial charge in [0.1, 0.15) is 12.4 Å². The van der Waals surface area contributed by atoms with Crippen molar-refractivity contribution in [2.75, 3.05) is 40.3 Å². The van der Waals surface area contributed by atoms with E-state index in [2.05, 4.69) is 23.9 Å². The number of carboxylic acids is 1. The van der Waals surface area contributed by atoms with Crippen LogP contribution in [-0.2, 0) is 0 Å². The summed E-state index contributed by atoms with van der Waals surface area (Å²) in [5.41, 5.74) is 0.260. The molecule has 5 heteroatoms. The molecule has 0 saturated carbocycles. The Kier molecular flexibility index (Phi) is 5.59. The number of carboxylic acid groups (broad SMARTS) is 1.